The molecule has 0 fully saturated rings. The monoisotopic (exact) mass is 538 g/mol. The lowest BCUT2D eigenvalue weighted by Crippen LogP contribution is -2.42. The number of nitrogens with zero attached hydrogens (tertiary/aromatic N) is 1. The molecule has 2 rings (SSSR count). The maximum Gasteiger partial charge on any atom is 0.241 e. The van der Waals surface area contributed by atoms with Crippen molar-refractivity contribution in [3.8, 4) is 0 Å². The second kappa shape index (κ2) is 24.2. The number of imidazole rings is 1. The molecule has 0 aliphatic carbocycles. The number of unbranched alkanes of at least 4 members (excludes halogenated alkanes) is 19. The molecule has 1 aromatic carbocycles. The van der Waals surface area contributed by atoms with Crippen LogP contribution >= 0.6 is 0 Å². The van der Waals surface area contributed by atoms with Crippen LogP contribution in [0.15, 0.2) is 49.1 Å². The van der Waals surface area contributed by atoms with Crippen LogP contribution in [0.4, 0.5) is 0 Å². The van der Waals surface area contributed by atoms with Crippen LogP contribution in [0.3, 0.4) is 0 Å². The van der Waals surface area contributed by atoms with E-state index in [1.807, 2.05) is 0 Å². The van der Waals surface area contributed by atoms with Crippen LogP contribution in [0.1, 0.15) is 173 Å². The lowest BCUT2D eigenvalue weighted by molar-refractivity contribution is -0.730. The number of hydrogen-bond acceptors (Lipinski definition) is 0. The number of benzene rings is 1. The van der Waals surface area contributed by atoms with Gasteiger partial charge in [-0.05, 0) is 31.2 Å². The standard InChI is InChI=1S/C37H64N2/c1-3-5-7-9-11-12-13-14-15-16-17-19-20-25-29-36(33-35-27-23-22-24-28-35)37(39-32-31-38-34-39)30-26-21-18-10-8-6-4-2/h22-24,27-28,31-32,34,36-37H,3-21,25-26,29-30,33H2,1-2H3/p+1. The quantitative estimate of drug-likeness (QED) is 0.0863. The maximum atomic E-state index is 3.34. The van der Waals surface area contributed by atoms with Crippen LogP contribution in [-0.4, -0.2) is 4.98 Å². The maximum absolute atomic E-state index is 3.34. The predicted octanol–water partition coefficient (Wildman–Crippen LogP) is 11.7. The highest BCUT2D eigenvalue weighted by molar-refractivity contribution is 5.15. The molecule has 222 valence electrons. The predicted molar refractivity (Wildman–Crippen MR) is 171 cm³/mol. The molecule has 2 nitrogen and oxygen atoms in total. The first-order chi connectivity index (χ1) is 19.3. The molecule has 2 atom stereocenters. The normalized spacial score (nSPS) is 13.1. The van der Waals surface area contributed by atoms with Gasteiger partial charge in [0, 0.05) is 5.92 Å². The number of rotatable bonds is 27. The fourth-order valence-corrected chi connectivity index (χ4v) is 6.39. The van der Waals surface area contributed by atoms with Gasteiger partial charge in [-0.25, -0.2) is 4.57 Å². The number of H-pyrrole nitrogens is 1. The van der Waals surface area contributed by atoms with E-state index in [0.717, 1.165) is 0 Å². The molecule has 0 saturated heterocycles. The van der Waals surface area contributed by atoms with Crippen LogP contribution in [0.5, 0.6) is 0 Å². The van der Waals surface area contributed by atoms with Crippen molar-refractivity contribution in [3.63, 3.8) is 0 Å². The third-order valence-electron chi connectivity index (χ3n) is 8.87. The Morgan fingerprint density at radius 3 is 1.49 bits per heavy atom. The SMILES string of the molecule is CCCCCCCCCCCCCCCCC(Cc1ccccc1)C(CCCCCCCCC)[n+]1cc[nH]c1. The Kier molecular flexibility index (Phi) is 20.9. The number of aromatic nitrogens is 2. The fraction of sp³-hybridized carbons (Fsp3) is 0.757. The Bertz CT molecular complexity index is 738. The second-order valence-electron chi connectivity index (χ2n) is 12.4. The summed E-state index contributed by atoms with van der Waals surface area (Å²) < 4.78 is 2.49. The van der Waals surface area contributed by atoms with E-state index in [4.69, 9.17) is 0 Å². The van der Waals surface area contributed by atoms with Gasteiger partial charge in [0.05, 0.1) is 0 Å². The van der Waals surface area contributed by atoms with Gasteiger partial charge in [0.2, 0.25) is 6.33 Å². The van der Waals surface area contributed by atoms with E-state index in [1.165, 1.54) is 160 Å². The van der Waals surface area contributed by atoms with Crippen LogP contribution < -0.4 is 4.57 Å². The molecule has 1 aromatic heterocycles. The lowest BCUT2D eigenvalue weighted by atomic mass is 9.84. The summed E-state index contributed by atoms with van der Waals surface area (Å²) in [5, 5.41) is 0. The van der Waals surface area contributed by atoms with Gasteiger partial charge in [-0.2, -0.15) is 0 Å². The fourth-order valence-electron chi connectivity index (χ4n) is 6.39. The summed E-state index contributed by atoms with van der Waals surface area (Å²) in [4.78, 5) is 3.34. The molecule has 0 radical (unpaired) electrons. The minimum Gasteiger partial charge on any atom is -0.250 e. The molecular weight excluding hydrogens is 472 g/mol. The molecule has 2 unspecified atom stereocenters. The zero-order valence-corrected chi connectivity index (χ0v) is 26.2. The molecule has 0 aliphatic heterocycles. The lowest BCUT2D eigenvalue weighted by Gasteiger charge is -2.25. The molecule has 0 bridgehead atoms. The van der Waals surface area contributed by atoms with Crippen molar-refractivity contribution in [1.82, 2.24) is 4.98 Å². The van der Waals surface area contributed by atoms with Gasteiger partial charge >= 0.3 is 0 Å². The molecule has 39 heavy (non-hydrogen) atoms. The van der Waals surface area contributed by atoms with E-state index in [-0.39, 0.29) is 0 Å². The van der Waals surface area contributed by atoms with Gasteiger partial charge in [-0.3, -0.25) is 4.98 Å². The van der Waals surface area contributed by atoms with Crippen molar-refractivity contribution in [2.45, 2.75) is 174 Å². The van der Waals surface area contributed by atoms with Crippen molar-refractivity contribution in [2.24, 2.45) is 5.92 Å². The molecule has 2 aromatic rings. The summed E-state index contributed by atoms with van der Waals surface area (Å²) in [5.74, 6) is 0.714. The average Bonchev–Trinajstić information content (AvgIpc) is 3.49. The second-order valence-corrected chi connectivity index (χ2v) is 12.4. The minimum absolute atomic E-state index is 0.606. The first-order valence-electron chi connectivity index (χ1n) is 17.4. The van der Waals surface area contributed by atoms with Crippen molar-refractivity contribution >= 4 is 0 Å². The highest BCUT2D eigenvalue weighted by Gasteiger charge is 2.26. The van der Waals surface area contributed by atoms with Crippen molar-refractivity contribution in [2.75, 3.05) is 0 Å². The molecule has 2 heteroatoms. The van der Waals surface area contributed by atoms with Gasteiger partial charge in [0.1, 0.15) is 18.4 Å². The molecular formula is C37H65N2+. The molecule has 1 heterocycles. The van der Waals surface area contributed by atoms with E-state index >= 15 is 0 Å². The van der Waals surface area contributed by atoms with E-state index in [9.17, 15) is 0 Å². The van der Waals surface area contributed by atoms with Crippen molar-refractivity contribution in [1.29, 1.82) is 0 Å². The smallest absolute Gasteiger partial charge is 0.241 e. The molecule has 0 aliphatic rings. The molecule has 0 saturated carbocycles. The largest absolute Gasteiger partial charge is 0.250 e. The summed E-state index contributed by atoms with van der Waals surface area (Å²) in [5.41, 5.74) is 1.51. The minimum atomic E-state index is 0.606. The highest BCUT2D eigenvalue weighted by Crippen LogP contribution is 2.29. The van der Waals surface area contributed by atoms with Gasteiger partial charge in [-0.1, -0.05) is 173 Å². The van der Waals surface area contributed by atoms with Gasteiger partial charge in [0.15, 0.2) is 0 Å². The summed E-state index contributed by atoms with van der Waals surface area (Å²) in [7, 11) is 0. The van der Waals surface area contributed by atoms with E-state index in [0.29, 0.717) is 12.0 Å². The summed E-state index contributed by atoms with van der Waals surface area (Å²) in [6.45, 7) is 4.62. The highest BCUT2D eigenvalue weighted by atomic mass is 15.1. The Morgan fingerprint density at radius 1 is 0.564 bits per heavy atom. The molecule has 0 amide bonds. The third kappa shape index (κ3) is 17.0. The Morgan fingerprint density at radius 2 is 1.03 bits per heavy atom. The zero-order chi connectivity index (χ0) is 27.6. The Balaban J connectivity index is 1.72. The van der Waals surface area contributed by atoms with Crippen molar-refractivity contribution in [3.05, 3.63) is 54.6 Å². The molecule has 1 N–H and O–H groups in total. The van der Waals surface area contributed by atoms with E-state index < -0.39 is 0 Å². The Hall–Kier alpha value is -1.57. The zero-order valence-electron chi connectivity index (χ0n) is 26.2. The number of nitrogens with one attached hydrogen (secondary N) is 1. The summed E-state index contributed by atoms with van der Waals surface area (Å²) in [6, 6.07) is 11.9. The van der Waals surface area contributed by atoms with Gasteiger partial charge in [-0.15, -0.1) is 0 Å². The van der Waals surface area contributed by atoms with Crippen molar-refractivity contribution < 1.29 is 4.57 Å². The van der Waals surface area contributed by atoms with Crippen LogP contribution in [-0.2, 0) is 6.42 Å². The summed E-state index contributed by atoms with van der Waals surface area (Å²) in [6.07, 6.45) is 40.3. The average molecular weight is 538 g/mol. The van der Waals surface area contributed by atoms with Crippen LogP contribution in [0.25, 0.3) is 0 Å². The van der Waals surface area contributed by atoms with Crippen LogP contribution in [0, 0.1) is 5.92 Å². The van der Waals surface area contributed by atoms with E-state index in [1.54, 1.807) is 0 Å². The molecule has 0 spiro atoms. The Labute approximate surface area is 243 Å². The third-order valence-corrected chi connectivity index (χ3v) is 8.87. The summed E-state index contributed by atoms with van der Waals surface area (Å²) >= 11 is 0. The number of hydrogen-bond donors (Lipinski definition) is 1. The van der Waals surface area contributed by atoms with Crippen LogP contribution in [0.2, 0.25) is 0 Å². The number of aromatic amines is 1. The van der Waals surface area contributed by atoms with Gasteiger partial charge in [0.25, 0.3) is 0 Å². The first-order valence-corrected chi connectivity index (χ1v) is 17.4. The topological polar surface area (TPSA) is 19.7 Å². The first kappa shape index (κ1) is 33.6. The van der Waals surface area contributed by atoms with Gasteiger partial charge < -0.3 is 0 Å². The van der Waals surface area contributed by atoms with E-state index in [2.05, 4.69) is 72.5 Å².